The van der Waals surface area contributed by atoms with E-state index in [1.165, 1.54) is 17.8 Å². The molecule has 1 aliphatic heterocycles. The number of nitrogens with two attached hydrogens (primary N) is 1. The molecule has 0 unspecified atom stereocenters. The molecule has 146 valence electrons. The minimum Gasteiger partial charge on any atom is -0.347 e. The van der Waals surface area contributed by atoms with E-state index in [0.29, 0.717) is 30.8 Å². The summed E-state index contributed by atoms with van der Waals surface area (Å²) >= 11 is 1.45. The van der Waals surface area contributed by atoms with Gasteiger partial charge in [-0.2, -0.15) is 0 Å². The Morgan fingerprint density at radius 3 is 2.52 bits per heavy atom. The predicted octanol–water partition coefficient (Wildman–Crippen LogP) is 2.62. The zero-order chi connectivity index (χ0) is 18.4. The fourth-order valence-electron chi connectivity index (χ4n) is 2.97. The fourth-order valence-corrected chi connectivity index (χ4v) is 3.77. The molecule has 3 N–H and O–H groups in total. The van der Waals surface area contributed by atoms with E-state index >= 15 is 0 Å². The van der Waals surface area contributed by atoms with Crippen molar-refractivity contribution in [2.24, 2.45) is 5.73 Å². The van der Waals surface area contributed by atoms with Gasteiger partial charge in [-0.25, -0.2) is 4.98 Å². The van der Waals surface area contributed by atoms with E-state index in [1.807, 2.05) is 29.2 Å². The van der Waals surface area contributed by atoms with E-state index in [4.69, 9.17) is 5.73 Å². The average molecular weight is 409 g/mol. The fraction of sp³-hybridized carbons (Fsp3) is 0.421. The van der Waals surface area contributed by atoms with Crippen molar-refractivity contribution in [3.8, 4) is 0 Å². The minimum atomic E-state index is -0.196. The molecule has 1 aromatic carbocycles. The highest BCUT2D eigenvalue weighted by atomic mass is 35.5. The molecule has 6 nitrogen and oxygen atoms in total. The number of rotatable bonds is 6. The lowest BCUT2D eigenvalue weighted by atomic mass is 10.1. The summed E-state index contributed by atoms with van der Waals surface area (Å²) in [6.07, 6.45) is 4.05. The molecule has 1 saturated heterocycles. The molecule has 0 radical (unpaired) electrons. The smallest absolute Gasteiger partial charge is 0.271 e. The number of hydrogen-bond donors (Lipinski definition) is 2. The van der Waals surface area contributed by atoms with Crippen LogP contribution >= 0.6 is 23.7 Å². The molecule has 0 spiro atoms. The quantitative estimate of drug-likeness (QED) is 0.768. The first kappa shape index (κ1) is 21.3. The van der Waals surface area contributed by atoms with Gasteiger partial charge in [0.2, 0.25) is 0 Å². The molecule has 0 atom stereocenters. The van der Waals surface area contributed by atoms with Gasteiger partial charge in [-0.3, -0.25) is 9.59 Å². The Kier molecular flexibility index (Phi) is 8.22. The lowest BCUT2D eigenvalue weighted by Crippen LogP contribution is -2.35. The van der Waals surface area contributed by atoms with Crippen LogP contribution in [0.1, 0.15) is 50.7 Å². The van der Waals surface area contributed by atoms with Crippen LogP contribution < -0.4 is 11.1 Å². The van der Waals surface area contributed by atoms with Crippen molar-refractivity contribution in [1.29, 1.82) is 0 Å². The van der Waals surface area contributed by atoms with Gasteiger partial charge >= 0.3 is 0 Å². The SMILES string of the molecule is Cl.NCCc1nc(C(=O)NCc2ccc(C(=O)N3CCCCC3)cc2)cs1. The van der Waals surface area contributed by atoms with E-state index in [0.717, 1.165) is 36.5 Å². The van der Waals surface area contributed by atoms with Crippen LogP contribution in [-0.4, -0.2) is 41.3 Å². The summed E-state index contributed by atoms with van der Waals surface area (Å²) in [4.78, 5) is 30.8. The van der Waals surface area contributed by atoms with Gasteiger partial charge < -0.3 is 16.0 Å². The van der Waals surface area contributed by atoms with Gasteiger partial charge in [-0.05, 0) is 43.5 Å². The highest BCUT2D eigenvalue weighted by Crippen LogP contribution is 2.14. The number of nitrogens with one attached hydrogen (secondary N) is 1. The summed E-state index contributed by atoms with van der Waals surface area (Å²) in [5.41, 5.74) is 7.58. The number of halogens is 1. The molecular weight excluding hydrogens is 384 g/mol. The van der Waals surface area contributed by atoms with E-state index in [9.17, 15) is 9.59 Å². The molecule has 1 fully saturated rings. The van der Waals surface area contributed by atoms with Gasteiger partial charge in [0, 0.05) is 37.0 Å². The molecular formula is C19H25ClN4O2S. The summed E-state index contributed by atoms with van der Waals surface area (Å²) in [6.45, 7) is 2.62. The molecule has 8 heteroatoms. The second-order valence-electron chi connectivity index (χ2n) is 6.40. The number of aromatic nitrogens is 1. The van der Waals surface area contributed by atoms with Crippen LogP contribution in [0.2, 0.25) is 0 Å². The Hall–Kier alpha value is -1.96. The van der Waals surface area contributed by atoms with Crippen LogP contribution in [0.25, 0.3) is 0 Å². The van der Waals surface area contributed by atoms with E-state index in [-0.39, 0.29) is 24.2 Å². The van der Waals surface area contributed by atoms with Gasteiger partial charge in [0.1, 0.15) is 5.69 Å². The highest BCUT2D eigenvalue weighted by Gasteiger charge is 2.18. The van der Waals surface area contributed by atoms with Gasteiger partial charge in [-0.15, -0.1) is 23.7 Å². The molecule has 3 rings (SSSR count). The largest absolute Gasteiger partial charge is 0.347 e. The molecule has 1 aliphatic rings. The normalized spacial score (nSPS) is 13.7. The topological polar surface area (TPSA) is 88.3 Å². The molecule has 2 aromatic rings. The van der Waals surface area contributed by atoms with Crippen molar-refractivity contribution in [3.63, 3.8) is 0 Å². The lowest BCUT2D eigenvalue weighted by Gasteiger charge is -2.26. The third-order valence-electron chi connectivity index (χ3n) is 4.44. The number of piperidine rings is 1. The summed E-state index contributed by atoms with van der Waals surface area (Å²) < 4.78 is 0. The molecule has 0 bridgehead atoms. The Morgan fingerprint density at radius 2 is 1.85 bits per heavy atom. The number of likely N-dealkylation sites (tertiary alicyclic amines) is 1. The van der Waals surface area contributed by atoms with Crippen LogP contribution in [0.3, 0.4) is 0 Å². The van der Waals surface area contributed by atoms with Crippen LogP contribution in [-0.2, 0) is 13.0 Å². The Bertz CT molecular complexity index is 757. The third-order valence-corrected chi connectivity index (χ3v) is 5.35. The van der Waals surface area contributed by atoms with Gasteiger partial charge in [-0.1, -0.05) is 12.1 Å². The number of amides is 2. The summed E-state index contributed by atoms with van der Waals surface area (Å²) in [5, 5.41) is 5.49. The number of benzene rings is 1. The van der Waals surface area contributed by atoms with Crippen LogP contribution in [0.15, 0.2) is 29.6 Å². The molecule has 0 saturated carbocycles. The van der Waals surface area contributed by atoms with Crippen LogP contribution in [0, 0.1) is 0 Å². The van der Waals surface area contributed by atoms with Crippen LogP contribution in [0.4, 0.5) is 0 Å². The lowest BCUT2D eigenvalue weighted by molar-refractivity contribution is 0.0724. The maximum absolute atomic E-state index is 12.5. The predicted molar refractivity (Wildman–Crippen MR) is 109 cm³/mol. The number of thiazole rings is 1. The first-order chi connectivity index (χ1) is 12.7. The standard InChI is InChI=1S/C19H24N4O2S.ClH/c20-9-8-17-22-16(13-26-17)18(24)21-12-14-4-6-15(7-5-14)19(25)23-10-2-1-3-11-23;/h4-7,13H,1-3,8-12,20H2,(H,21,24);1H. The van der Waals surface area contributed by atoms with Gasteiger partial charge in [0.15, 0.2) is 0 Å². The second-order valence-corrected chi connectivity index (χ2v) is 7.34. The molecule has 1 aromatic heterocycles. The van der Waals surface area contributed by atoms with Crippen molar-refractivity contribution in [2.75, 3.05) is 19.6 Å². The summed E-state index contributed by atoms with van der Waals surface area (Å²) in [6, 6.07) is 7.44. The van der Waals surface area contributed by atoms with Gasteiger partial charge in [0.05, 0.1) is 5.01 Å². The second kappa shape index (κ2) is 10.4. The Balaban J connectivity index is 0.00000261. The van der Waals surface area contributed by atoms with Crippen LogP contribution in [0.5, 0.6) is 0 Å². The Morgan fingerprint density at radius 1 is 1.15 bits per heavy atom. The highest BCUT2D eigenvalue weighted by molar-refractivity contribution is 7.09. The molecule has 27 heavy (non-hydrogen) atoms. The first-order valence-corrected chi connectivity index (χ1v) is 9.86. The van der Waals surface area contributed by atoms with Crippen molar-refractivity contribution < 1.29 is 9.59 Å². The number of hydrogen-bond acceptors (Lipinski definition) is 5. The van der Waals surface area contributed by atoms with Crippen molar-refractivity contribution >= 4 is 35.6 Å². The van der Waals surface area contributed by atoms with E-state index in [1.54, 1.807) is 5.38 Å². The zero-order valence-corrected chi connectivity index (χ0v) is 16.8. The third kappa shape index (κ3) is 5.76. The maximum atomic E-state index is 12.5. The van der Waals surface area contributed by atoms with E-state index in [2.05, 4.69) is 10.3 Å². The van der Waals surface area contributed by atoms with Crippen molar-refractivity contribution in [3.05, 3.63) is 51.5 Å². The molecule has 2 heterocycles. The maximum Gasteiger partial charge on any atom is 0.271 e. The van der Waals surface area contributed by atoms with Crippen molar-refractivity contribution in [1.82, 2.24) is 15.2 Å². The van der Waals surface area contributed by atoms with E-state index < -0.39 is 0 Å². The number of carbonyl (C=O) groups is 2. The number of nitrogens with zero attached hydrogens (tertiary/aromatic N) is 2. The van der Waals surface area contributed by atoms with Crippen molar-refractivity contribution in [2.45, 2.75) is 32.2 Å². The van der Waals surface area contributed by atoms with Gasteiger partial charge in [0.25, 0.3) is 11.8 Å². The molecule has 0 aliphatic carbocycles. The summed E-state index contributed by atoms with van der Waals surface area (Å²) in [7, 11) is 0. The monoisotopic (exact) mass is 408 g/mol. The Labute approximate surface area is 169 Å². The average Bonchev–Trinajstić information content (AvgIpc) is 3.16. The molecule has 2 amide bonds. The first-order valence-electron chi connectivity index (χ1n) is 8.98. The minimum absolute atomic E-state index is 0. The number of carbonyl (C=O) groups excluding carboxylic acids is 2. The summed E-state index contributed by atoms with van der Waals surface area (Å²) in [5.74, 6) is -0.104. The zero-order valence-electron chi connectivity index (χ0n) is 15.1.